The molecule has 4 heterocycles. The summed E-state index contributed by atoms with van der Waals surface area (Å²) in [4.78, 5) is 50.6. The van der Waals surface area contributed by atoms with E-state index in [-0.39, 0.29) is 36.7 Å². The summed E-state index contributed by atoms with van der Waals surface area (Å²) in [6.07, 6.45) is 3.31. The van der Waals surface area contributed by atoms with Crippen LogP contribution in [0.1, 0.15) is 36.0 Å². The number of carbonyl (C=O) groups excluding carboxylic acids is 3. The fraction of sp³-hybridized carbons (Fsp3) is 0.571. The van der Waals surface area contributed by atoms with Crippen LogP contribution in [0.4, 0.5) is 5.13 Å². The molecule has 3 saturated heterocycles. The number of alkyl halides is 1. The van der Waals surface area contributed by atoms with Crippen LogP contribution in [0.25, 0.3) is 11.3 Å². The minimum Gasteiger partial charge on any atom is -0.366 e. The summed E-state index contributed by atoms with van der Waals surface area (Å²) in [6, 6.07) is 6.02. The SMILES string of the molecule is CN1CCN(c2nc(-c3ccc(C(=O)N[C@H](C(=O)N4C[C@H](Cl)[C@H]5OCC(=O)[C@H]54)C4CCCC4)cc3)cs2)CC1. The highest BCUT2D eigenvalue weighted by atomic mass is 35.5. The molecule has 11 heteroatoms. The molecule has 2 amide bonds. The Balaban J connectivity index is 1.15. The molecule has 4 aliphatic rings. The Kier molecular flexibility index (Phi) is 7.63. The smallest absolute Gasteiger partial charge is 0.251 e. The van der Waals surface area contributed by atoms with Crippen molar-refractivity contribution in [3.8, 4) is 11.3 Å². The number of amides is 2. The van der Waals surface area contributed by atoms with E-state index in [0.29, 0.717) is 5.56 Å². The number of thiazole rings is 1. The van der Waals surface area contributed by atoms with Crippen molar-refractivity contribution in [3.05, 3.63) is 35.2 Å². The van der Waals surface area contributed by atoms with Gasteiger partial charge >= 0.3 is 0 Å². The number of hydrogen-bond acceptors (Lipinski definition) is 8. The Morgan fingerprint density at radius 1 is 1.13 bits per heavy atom. The van der Waals surface area contributed by atoms with Crippen LogP contribution in [0, 0.1) is 5.92 Å². The van der Waals surface area contributed by atoms with Crippen molar-refractivity contribution in [3.63, 3.8) is 0 Å². The Bertz CT molecular complexity index is 1220. The quantitative estimate of drug-likeness (QED) is 0.533. The summed E-state index contributed by atoms with van der Waals surface area (Å²) in [5, 5.41) is 5.67. The molecule has 9 nitrogen and oxygen atoms in total. The number of fused-ring (bicyclic) bond motifs is 1. The number of halogens is 1. The number of Topliss-reactive ketones (excluding diaryl/α,β-unsaturated/α-hetero) is 1. The van der Waals surface area contributed by atoms with Crippen molar-refractivity contribution in [1.29, 1.82) is 0 Å². The van der Waals surface area contributed by atoms with E-state index >= 15 is 0 Å². The molecular weight excluding hydrogens is 538 g/mol. The average molecular weight is 572 g/mol. The Labute approximate surface area is 237 Å². The number of rotatable bonds is 6. The second-order valence-electron chi connectivity index (χ2n) is 11.1. The first-order valence-corrected chi connectivity index (χ1v) is 15.1. The van der Waals surface area contributed by atoms with Crippen LogP contribution in [0.5, 0.6) is 0 Å². The number of ether oxygens (including phenoxy) is 1. The van der Waals surface area contributed by atoms with Crippen LogP contribution >= 0.6 is 22.9 Å². The van der Waals surface area contributed by atoms with Crippen LogP contribution in [0.2, 0.25) is 0 Å². The number of nitrogens with zero attached hydrogens (tertiary/aromatic N) is 4. The molecule has 0 bridgehead atoms. The molecule has 0 radical (unpaired) electrons. The Hall–Kier alpha value is -2.53. The molecule has 1 N–H and O–H groups in total. The van der Waals surface area contributed by atoms with Crippen molar-refractivity contribution in [1.82, 2.24) is 20.1 Å². The fourth-order valence-corrected chi connectivity index (χ4v) is 7.48. The maximum absolute atomic E-state index is 13.8. The molecule has 208 valence electrons. The van der Waals surface area contributed by atoms with Crippen molar-refractivity contribution < 1.29 is 19.1 Å². The highest BCUT2D eigenvalue weighted by Gasteiger charge is 2.53. The summed E-state index contributed by atoms with van der Waals surface area (Å²) in [5.41, 5.74) is 2.32. The van der Waals surface area contributed by atoms with Gasteiger partial charge in [0.05, 0.1) is 11.1 Å². The Morgan fingerprint density at radius 2 is 1.85 bits per heavy atom. The topological polar surface area (TPSA) is 95.1 Å². The third-order valence-electron chi connectivity index (χ3n) is 8.54. The number of nitrogens with one attached hydrogen (secondary N) is 1. The van der Waals surface area contributed by atoms with Gasteiger partial charge in [-0.15, -0.1) is 22.9 Å². The maximum Gasteiger partial charge on any atom is 0.251 e. The van der Waals surface area contributed by atoms with Crippen molar-refractivity contribution in [2.24, 2.45) is 5.92 Å². The van der Waals surface area contributed by atoms with Gasteiger partial charge in [-0.2, -0.15) is 0 Å². The van der Waals surface area contributed by atoms with Gasteiger partial charge in [-0.05, 0) is 37.9 Å². The van der Waals surface area contributed by atoms with E-state index in [1.54, 1.807) is 28.4 Å². The number of piperazine rings is 1. The largest absolute Gasteiger partial charge is 0.366 e. The lowest BCUT2D eigenvalue weighted by Crippen LogP contribution is -2.54. The minimum atomic E-state index is -0.694. The summed E-state index contributed by atoms with van der Waals surface area (Å²) >= 11 is 8.07. The normalized spacial score (nSPS) is 26.7. The monoisotopic (exact) mass is 571 g/mol. The molecule has 4 fully saturated rings. The maximum atomic E-state index is 13.8. The predicted octanol–water partition coefficient (Wildman–Crippen LogP) is 2.64. The van der Waals surface area contributed by atoms with Gasteiger partial charge in [-0.25, -0.2) is 4.98 Å². The Morgan fingerprint density at radius 3 is 2.56 bits per heavy atom. The van der Waals surface area contributed by atoms with Crippen molar-refractivity contribution >= 4 is 45.7 Å². The number of benzene rings is 1. The van der Waals surface area contributed by atoms with Gasteiger partial charge in [0.15, 0.2) is 10.9 Å². The number of anilines is 1. The average Bonchev–Trinajstić information content (AvgIpc) is 3.75. The first kappa shape index (κ1) is 26.7. The summed E-state index contributed by atoms with van der Waals surface area (Å²) in [6.45, 7) is 4.21. The van der Waals surface area contributed by atoms with E-state index in [9.17, 15) is 14.4 Å². The molecule has 4 atom stereocenters. The van der Waals surface area contributed by atoms with Gasteiger partial charge < -0.3 is 24.8 Å². The molecule has 3 aliphatic heterocycles. The molecule has 0 unspecified atom stereocenters. The standard InChI is InChI=1S/C28H34ClN5O4S/c1-32-10-12-33(13-11-32)28-30-21(16-39-28)17-6-8-19(9-7-17)26(36)31-23(18-4-2-3-5-18)27(37)34-14-20(29)25-24(34)22(35)15-38-25/h6-9,16,18,20,23-25H,2-5,10-15H2,1H3,(H,31,36)/t20-,23-,24+,25+/m0/s1. The molecule has 1 aromatic carbocycles. The van der Waals surface area contributed by atoms with E-state index in [1.165, 1.54) is 0 Å². The fourth-order valence-electron chi connectivity index (χ4n) is 6.23. The first-order valence-electron chi connectivity index (χ1n) is 13.8. The van der Waals surface area contributed by atoms with Crippen molar-refractivity contribution in [2.75, 3.05) is 51.3 Å². The number of aromatic nitrogens is 1. The van der Waals surface area contributed by atoms with Crippen LogP contribution in [-0.2, 0) is 14.3 Å². The van der Waals surface area contributed by atoms with Gasteiger partial charge in [-0.1, -0.05) is 25.0 Å². The van der Waals surface area contributed by atoms with Gasteiger partial charge in [0.2, 0.25) is 5.91 Å². The number of likely N-dealkylation sites (N-methyl/N-ethyl adjacent to an activating group) is 1. The predicted molar refractivity (Wildman–Crippen MR) is 150 cm³/mol. The van der Waals surface area contributed by atoms with Crippen LogP contribution in [0.3, 0.4) is 0 Å². The summed E-state index contributed by atoms with van der Waals surface area (Å²) in [7, 11) is 2.14. The second kappa shape index (κ2) is 11.2. The van der Waals surface area contributed by atoms with Crippen molar-refractivity contribution in [2.45, 2.75) is 49.2 Å². The lowest BCUT2D eigenvalue weighted by molar-refractivity contribution is -0.139. The van der Waals surface area contributed by atoms with Gasteiger partial charge in [0.1, 0.15) is 24.8 Å². The van der Waals surface area contributed by atoms with Crippen LogP contribution in [0.15, 0.2) is 29.6 Å². The van der Waals surface area contributed by atoms with E-state index in [1.807, 2.05) is 12.1 Å². The first-order chi connectivity index (χ1) is 18.9. The molecule has 1 saturated carbocycles. The van der Waals surface area contributed by atoms with Gasteiger partial charge in [0.25, 0.3) is 5.91 Å². The zero-order valence-corrected chi connectivity index (χ0v) is 23.6. The van der Waals surface area contributed by atoms with Gasteiger partial charge in [-0.3, -0.25) is 14.4 Å². The number of likely N-dealkylation sites (tertiary alicyclic amines) is 1. The highest BCUT2D eigenvalue weighted by molar-refractivity contribution is 7.14. The molecule has 6 rings (SSSR count). The van der Waals surface area contributed by atoms with E-state index in [4.69, 9.17) is 21.3 Å². The van der Waals surface area contributed by atoms with Crippen LogP contribution < -0.4 is 10.2 Å². The molecule has 2 aromatic rings. The second-order valence-corrected chi connectivity index (χ2v) is 12.5. The third-order valence-corrected chi connectivity index (χ3v) is 9.83. The van der Waals surface area contributed by atoms with Crippen LogP contribution in [-0.4, -0.2) is 102 Å². The molecule has 1 aromatic heterocycles. The van der Waals surface area contributed by atoms with E-state index in [0.717, 1.165) is 68.3 Å². The zero-order chi connectivity index (χ0) is 27.1. The van der Waals surface area contributed by atoms with E-state index < -0.39 is 23.6 Å². The molecule has 1 aliphatic carbocycles. The zero-order valence-electron chi connectivity index (χ0n) is 22.1. The summed E-state index contributed by atoms with van der Waals surface area (Å²) < 4.78 is 5.55. The van der Waals surface area contributed by atoms with Gasteiger partial charge in [0, 0.05) is 49.2 Å². The lowest BCUT2D eigenvalue weighted by Gasteiger charge is -2.32. The molecule has 39 heavy (non-hydrogen) atoms. The highest BCUT2D eigenvalue weighted by Crippen LogP contribution is 2.34. The number of hydrogen-bond donors (Lipinski definition) is 1. The molecule has 0 spiro atoms. The number of carbonyl (C=O) groups is 3. The lowest BCUT2D eigenvalue weighted by atomic mass is 9.95. The molecular formula is C28H34ClN5O4S. The van der Waals surface area contributed by atoms with E-state index in [2.05, 4.69) is 27.5 Å². The summed E-state index contributed by atoms with van der Waals surface area (Å²) in [5.74, 6) is -0.617. The third kappa shape index (κ3) is 5.31. The number of ketones is 1. The minimum absolute atomic E-state index is 0.0228.